The van der Waals surface area contributed by atoms with Gasteiger partial charge in [-0.15, -0.1) is 0 Å². The molecular formula is C55H95NO3. The van der Waals surface area contributed by atoms with Crippen molar-refractivity contribution in [3.05, 3.63) is 97.2 Å². The number of rotatable bonds is 44. The number of hydrogen-bond donors (Lipinski definition) is 3. The van der Waals surface area contributed by atoms with Crippen molar-refractivity contribution in [1.82, 2.24) is 5.32 Å². The van der Waals surface area contributed by atoms with Gasteiger partial charge in [0.05, 0.1) is 18.8 Å². The standard InChI is InChI=1S/C55H95NO3/c1-3-5-7-9-11-13-15-17-19-21-23-24-25-26-27-28-29-30-31-32-33-35-37-39-41-43-45-47-49-51-55(59)56-53(52-57)54(58)50-48-46-44-42-40-38-36-34-22-20-18-16-14-12-10-8-6-4-2/h5,7,11,13,17,19,23-24,26-27,29-30,32-33,37,39,53-54,57-58H,3-4,6,8-10,12,14-16,18,20-22,25,28,31,34-36,38,40-52H2,1-2H3,(H,56,59)/b7-5-,13-11-,19-17-,24-23-,27-26-,30-29-,33-32-,39-37-. The maximum absolute atomic E-state index is 12.4. The third-order valence-corrected chi connectivity index (χ3v) is 10.9. The SMILES string of the molecule is CC/C=C\C/C=C\C/C=C\C/C=C\C/C=C\C/C=C\C/C=C\C/C=C\CCCCCCC(=O)NC(CO)C(O)CCCCCCCCCCCCCCCCCCCC. The average molecular weight is 818 g/mol. The first-order valence-corrected chi connectivity index (χ1v) is 24.9. The summed E-state index contributed by atoms with van der Waals surface area (Å²) in [4.78, 5) is 12.4. The van der Waals surface area contributed by atoms with Gasteiger partial charge >= 0.3 is 0 Å². The predicted molar refractivity (Wildman–Crippen MR) is 262 cm³/mol. The Hall–Kier alpha value is -2.69. The number of carbonyl (C=O) groups is 1. The molecule has 0 spiro atoms. The second kappa shape index (κ2) is 49.7. The van der Waals surface area contributed by atoms with Crippen LogP contribution in [0.5, 0.6) is 0 Å². The molecule has 0 heterocycles. The summed E-state index contributed by atoms with van der Waals surface area (Å²) in [6, 6.07) is -0.557. The smallest absolute Gasteiger partial charge is 0.220 e. The van der Waals surface area contributed by atoms with Crippen LogP contribution >= 0.6 is 0 Å². The molecule has 0 radical (unpaired) electrons. The molecule has 0 aliphatic rings. The van der Waals surface area contributed by atoms with Gasteiger partial charge < -0.3 is 15.5 Å². The van der Waals surface area contributed by atoms with E-state index in [1.54, 1.807) is 0 Å². The lowest BCUT2D eigenvalue weighted by Crippen LogP contribution is -2.45. The monoisotopic (exact) mass is 818 g/mol. The van der Waals surface area contributed by atoms with Crippen LogP contribution in [0.3, 0.4) is 0 Å². The van der Waals surface area contributed by atoms with Crippen LogP contribution in [0.25, 0.3) is 0 Å². The summed E-state index contributed by atoms with van der Waals surface area (Å²) in [5.41, 5.74) is 0. The van der Waals surface area contributed by atoms with Crippen LogP contribution in [0.2, 0.25) is 0 Å². The Balaban J connectivity index is 3.64. The zero-order valence-electron chi connectivity index (χ0n) is 38.7. The minimum atomic E-state index is -0.677. The maximum Gasteiger partial charge on any atom is 0.220 e. The first-order valence-electron chi connectivity index (χ1n) is 24.9. The molecule has 2 unspecified atom stereocenters. The van der Waals surface area contributed by atoms with Gasteiger partial charge in [-0.3, -0.25) is 4.79 Å². The van der Waals surface area contributed by atoms with Crippen molar-refractivity contribution in [3.63, 3.8) is 0 Å². The summed E-state index contributed by atoms with van der Waals surface area (Å²) in [7, 11) is 0. The van der Waals surface area contributed by atoms with Crippen molar-refractivity contribution >= 4 is 5.91 Å². The molecule has 0 saturated carbocycles. The average Bonchev–Trinajstić information content (AvgIpc) is 3.24. The van der Waals surface area contributed by atoms with Gasteiger partial charge in [0.15, 0.2) is 0 Å². The van der Waals surface area contributed by atoms with E-state index in [1.807, 2.05) is 0 Å². The highest BCUT2D eigenvalue weighted by Gasteiger charge is 2.20. The van der Waals surface area contributed by atoms with Crippen LogP contribution in [-0.2, 0) is 4.79 Å². The van der Waals surface area contributed by atoms with E-state index in [0.29, 0.717) is 12.8 Å². The lowest BCUT2D eigenvalue weighted by molar-refractivity contribution is -0.123. The third kappa shape index (κ3) is 46.2. The molecule has 0 aliphatic carbocycles. The Morgan fingerprint density at radius 2 is 0.746 bits per heavy atom. The van der Waals surface area contributed by atoms with Gasteiger partial charge in [0, 0.05) is 6.42 Å². The maximum atomic E-state index is 12.4. The van der Waals surface area contributed by atoms with Crippen LogP contribution < -0.4 is 5.32 Å². The van der Waals surface area contributed by atoms with Crippen molar-refractivity contribution in [3.8, 4) is 0 Å². The van der Waals surface area contributed by atoms with Crippen molar-refractivity contribution < 1.29 is 15.0 Å². The molecule has 0 rings (SSSR count). The normalized spacial score (nSPS) is 13.8. The second-order valence-electron chi connectivity index (χ2n) is 16.5. The Labute approximate surface area is 366 Å². The van der Waals surface area contributed by atoms with E-state index < -0.39 is 12.1 Å². The third-order valence-electron chi connectivity index (χ3n) is 10.9. The number of amides is 1. The molecule has 0 aromatic rings. The molecule has 0 bridgehead atoms. The number of aliphatic hydroxyl groups excluding tert-OH is 2. The van der Waals surface area contributed by atoms with E-state index in [0.717, 1.165) is 96.3 Å². The number of carbonyl (C=O) groups excluding carboxylic acids is 1. The van der Waals surface area contributed by atoms with E-state index in [1.165, 1.54) is 103 Å². The lowest BCUT2D eigenvalue weighted by Gasteiger charge is -2.22. The van der Waals surface area contributed by atoms with E-state index in [4.69, 9.17) is 0 Å². The quantitative estimate of drug-likeness (QED) is 0.0424. The van der Waals surface area contributed by atoms with Crippen molar-refractivity contribution in [1.29, 1.82) is 0 Å². The van der Waals surface area contributed by atoms with Gasteiger partial charge in [-0.25, -0.2) is 0 Å². The van der Waals surface area contributed by atoms with Gasteiger partial charge in [-0.2, -0.15) is 0 Å². The minimum Gasteiger partial charge on any atom is -0.394 e. The number of unbranched alkanes of at least 4 members (excludes halogenated alkanes) is 21. The molecule has 0 fully saturated rings. The fourth-order valence-corrected chi connectivity index (χ4v) is 7.08. The number of hydrogen-bond acceptors (Lipinski definition) is 3. The van der Waals surface area contributed by atoms with Crippen LogP contribution in [0.15, 0.2) is 97.2 Å². The van der Waals surface area contributed by atoms with Crippen LogP contribution in [-0.4, -0.2) is 34.9 Å². The summed E-state index contributed by atoms with van der Waals surface area (Å²) in [5, 5.41) is 23.2. The van der Waals surface area contributed by atoms with E-state index in [-0.39, 0.29) is 12.5 Å². The molecule has 3 N–H and O–H groups in total. The summed E-state index contributed by atoms with van der Waals surface area (Å²) in [5.74, 6) is -0.0587. The van der Waals surface area contributed by atoms with Crippen LogP contribution in [0, 0.1) is 0 Å². The van der Waals surface area contributed by atoms with Gasteiger partial charge in [0.1, 0.15) is 0 Å². The van der Waals surface area contributed by atoms with Crippen molar-refractivity contribution in [2.24, 2.45) is 0 Å². The fourth-order valence-electron chi connectivity index (χ4n) is 7.08. The van der Waals surface area contributed by atoms with Gasteiger partial charge in [-0.1, -0.05) is 239 Å². The largest absolute Gasteiger partial charge is 0.394 e. The summed E-state index contributed by atoms with van der Waals surface area (Å²) < 4.78 is 0. The van der Waals surface area contributed by atoms with Gasteiger partial charge in [0.25, 0.3) is 0 Å². The molecule has 59 heavy (non-hydrogen) atoms. The molecule has 0 aromatic heterocycles. The Morgan fingerprint density at radius 1 is 0.424 bits per heavy atom. The number of nitrogens with one attached hydrogen (secondary N) is 1. The molecular weight excluding hydrogens is 723 g/mol. The Kier molecular flexibility index (Phi) is 47.4. The number of allylic oxidation sites excluding steroid dienone is 16. The molecule has 4 heteroatoms. The molecule has 2 atom stereocenters. The molecule has 338 valence electrons. The highest BCUT2D eigenvalue weighted by Crippen LogP contribution is 2.16. The first-order chi connectivity index (χ1) is 29.2. The molecule has 0 aromatic carbocycles. The molecule has 0 saturated heterocycles. The zero-order valence-corrected chi connectivity index (χ0v) is 38.7. The summed E-state index contributed by atoms with van der Waals surface area (Å²) in [6.45, 7) is 4.24. The first kappa shape index (κ1) is 56.3. The van der Waals surface area contributed by atoms with Gasteiger partial charge in [0.2, 0.25) is 5.91 Å². The summed E-state index contributed by atoms with van der Waals surface area (Å²) >= 11 is 0. The highest BCUT2D eigenvalue weighted by molar-refractivity contribution is 5.76. The van der Waals surface area contributed by atoms with Crippen LogP contribution in [0.4, 0.5) is 0 Å². The predicted octanol–water partition coefficient (Wildman–Crippen LogP) is 16.2. The van der Waals surface area contributed by atoms with Crippen molar-refractivity contribution in [2.45, 2.75) is 238 Å². The molecule has 4 nitrogen and oxygen atoms in total. The highest BCUT2D eigenvalue weighted by atomic mass is 16.3. The minimum absolute atomic E-state index is 0.0587. The Bertz CT molecular complexity index is 1110. The van der Waals surface area contributed by atoms with Crippen LogP contribution in [0.1, 0.15) is 226 Å². The fraction of sp³-hybridized carbons (Fsp3) is 0.691. The van der Waals surface area contributed by atoms with E-state index in [9.17, 15) is 15.0 Å². The van der Waals surface area contributed by atoms with E-state index >= 15 is 0 Å². The number of aliphatic hydroxyl groups is 2. The topological polar surface area (TPSA) is 69.6 Å². The Morgan fingerprint density at radius 3 is 1.12 bits per heavy atom. The van der Waals surface area contributed by atoms with Crippen molar-refractivity contribution in [2.75, 3.05) is 6.61 Å². The molecule has 0 aliphatic heterocycles. The van der Waals surface area contributed by atoms with E-state index in [2.05, 4.69) is 116 Å². The lowest BCUT2D eigenvalue weighted by atomic mass is 10.0. The molecule has 1 amide bonds. The second-order valence-corrected chi connectivity index (χ2v) is 16.5. The summed E-state index contributed by atoms with van der Waals surface area (Å²) in [6.07, 6.45) is 73.5. The van der Waals surface area contributed by atoms with Gasteiger partial charge in [-0.05, 0) is 77.0 Å². The zero-order chi connectivity index (χ0) is 42.8.